The van der Waals surface area contributed by atoms with Crippen LogP contribution < -0.4 is 9.97 Å². The Bertz CT molecular complexity index is 2720. The second kappa shape index (κ2) is 13.9. The van der Waals surface area contributed by atoms with Crippen LogP contribution in [0.25, 0.3) is 89.1 Å². The Balaban J connectivity index is 1.12. The first kappa shape index (κ1) is 31.9. The molecule has 0 aliphatic heterocycles. The molecule has 9 aromatic rings. The van der Waals surface area contributed by atoms with E-state index in [2.05, 4.69) is 186 Å². The van der Waals surface area contributed by atoms with Crippen LogP contribution in [0.2, 0.25) is 0 Å². The first-order valence-corrected chi connectivity index (χ1v) is 17.9. The van der Waals surface area contributed by atoms with Gasteiger partial charge in [-0.25, -0.2) is 9.97 Å². The van der Waals surface area contributed by atoms with Crippen molar-refractivity contribution in [2.75, 3.05) is 0 Å². The molecule has 0 radical (unpaired) electrons. The molecule has 0 saturated carbocycles. The summed E-state index contributed by atoms with van der Waals surface area (Å²) < 4.78 is 0. The van der Waals surface area contributed by atoms with Crippen LogP contribution >= 0.6 is 0 Å². The quantitative estimate of drug-likeness (QED) is 0.179. The average molecular weight is 681 g/mol. The van der Waals surface area contributed by atoms with Crippen LogP contribution in [0.3, 0.4) is 0 Å². The zero-order valence-electron chi connectivity index (χ0n) is 29.0. The molecule has 0 amide bonds. The zero-order valence-corrected chi connectivity index (χ0v) is 29.0. The maximum Gasteiger partial charge on any atom is 0.211 e. The predicted molar refractivity (Wildman–Crippen MR) is 217 cm³/mol. The maximum absolute atomic E-state index is 11.3. The zero-order chi connectivity index (χ0) is 35.6. The smallest absolute Gasteiger partial charge is 0.211 e. The summed E-state index contributed by atoms with van der Waals surface area (Å²) in [6, 6.07) is 67.3. The minimum Gasteiger partial charge on any atom is -0.508 e. The van der Waals surface area contributed by atoms with Crippen LogP contribution in [0.15, 0.2) is 200 Å². The van der Waals surface area contributed by atoms with Gasteiger partial charge in [0.25, 0.3) is 0 Å². The molecule has 3 nitrogen and oxygen atoms in total. The standard InChI is InChI=1S/C50H34N2O/c53-41-30-39(43-19-9-8-18-42(43)35-23-25-38(26-24-35)49-28-27-37-17-7-12-22-48(37)52-49)29-40(31-41)44-20-10-11-21-45(44)47-33-51-50(36-15-5-2-6-16-36)32-46(47)34-13-3-1-4-14-34/h1-33,53H/p+2. The first-order valence-electron chi connectivity index (χ1n) is 17.9. The van der Waals surface area contributed by atoms with E-state index in [9.17, 15) is 5.11 Å². The van der Waals surface area contributed by atoms with Gasteiger partial charge in [0.15, 0.2) is 6.20 Å². The Morgan fingerprint density at radius 2 is 0.830 bits per heavy atom. The number of para-hydroxylation sites is 1. The predicted octanol–water partition coefficient (Wildman–Crippen LogP) is 11.8. The highest BCUT2D eigenvalue weighted by atomic mass is 16.3. The second-order valence-electron chi connectivity index (χ2n) is 13.3. The summed E-state index contributed by atoms with van der Waals surface area (Å²) in [6.07, 6.45) is 2.11. The summed E-state index contributed by atoms with van der Waals surface area (Å²) in [7, 11) is 0. The van der Waals surface area contributed by atoms with Gasteiger partial charge in [0.2, 0.25) is 16.9 Å². The lowest BCUT2D eigenvalue weighted by molar-refractivity contribution is -0.363. The monoisotopic (exact) mass is 680 g/mol. The minimum atomic E-state index is 0.221. The van der Waals surface area contributed by atoms with Crippen LogP contribution in [-0.4, -0.2) is 5.11 Å². The number of phenols is 1. The van der Waals surface area contributed by atoms with Crippen molar-refractivity contribution in [3.63, 3.8) is 0 Å². The van der Waals surface area contributed by atoms with E-state index in [0.717, 1.165) is 83.7 Å². The molecule has 0 spiro atoms. The lowest BCUT2D eigenvalue weighted by atomic mass is 9.88. The van der Waals surface area contributed by atoms with Crippen LogP contribution in [0, 0.1) is 0 Å². The highest BCUT2D eigenvalue weighted by molar-refractivity contribution is 5.94. The molecule has 0 aliphatic rings. The lowest BCUT2D eigenvalue weighted by Gasteiger charge is -2.16. The molecular weight excluding hydrogens is 645 g/mol. The number of aromatic amines is 2. The van der Waals surface area contributed by atoms with Crippen molar-refractivity contribution in [3.8, 4) is 83.9 Å². The van der Waals surface area contributed by atoms with Gasteiger partial charge in [0.1, 0.15) is 5.75 Å². The van der Waals surface area contributed by atoms with Crippen molar-refractivity contribution < 1.29 is 15.1 Å². The van der Waals surface area contributed by atoms with Gasteiger partial charge >= 0.3 is 0 Å². The molecule has 2 heterocycles. The van der Waals surface area contributed by atoms with Gasteiger partial charge in [0.05, 0.1) is 5.56 Å². The number of benzene rings is 7. The van der Waals surface area contributed by atoms with E-state index in [-0.39, 0.29) is 5.75 Å². The summed E-state index contributed by atoms with van der Waals surface area (Å²) in [4.78, 5) is 7.16. The molecule has 9 rings (SSSR count). The van der Waals surface area contributed by atoms with E-state index in [1.54, 1.807) is 0 Å². The van der Waals surface area contributed by atoms with Crippen LogP contribution in [-0.2, 0) is 0 Å². The van der Waals surface area contributed by atoms with Crippen molar-refractivity contribution in [1.29, 1.82) is 0 Å². The Kier molecular flexibility index (Phi) is 8.35. The normalized spacial score (nSPS) is 11.1. The largest absolute Gasteiger partial charge is 0.508 e. The fourth-order valence-electron chi connectivity index (χ4n) is 7.35. The molecule has 0 unspecified atom stereocenters. The second-order valence-corrected chi connectivity index (χ2v) is 13.3. The van der Waals surface area contributed by atoms with Crippen LogP contribution in [0.5, 0.6) is 5.75 Å². The lowest BCUT2D eigenvalue weighted by Crippen LogP contribution is -2.08. The molecule has 0 aliphatic carbocycles. The first-order chi connectivity index (χ1) is 26.2. The maximum atomic E-state index is 11.3. The molecule has 3 N–H and O–H groups in total. The summed E-state index contributed by atoms with van der Waals surface area (Å²) >= 11 is 0. The number of hydrogen-bond acceptors (Lipinski definition) is 1. The Morgan fingerprint density at radius 1 is 0.321 bits per heavy atom. The average Bonchev–Trinajstić information content (AvgIpc) is 3.24. The molecule has 0 saturated heterocycles. The molecule has 250 valence electrons. The topological polar surface area (TPSA) is 48.5 Å². The number of nitrogens with one attached hydrogen (secondary N) is 2. The molecule has 0 atom stereocenters. The minimum absolute atomic E-state index is 0.221. The summed E-state index contributed by atoms with van der Waals surface area (Å²) in [5.41, 5.74) is 16.1. The van der Waals surface area contributed by atoms with Crippen LogP contribution in [0.1, 0.15) is 0 Å². The SMILES string of the molecule is Oc1cc(-c2ccccc2-c2ccc(-c3ccc4ccccc4[nH+]3)cc2)cc(-c2ccccc2-c2c[nH+]c(-c3ccccc3)cc2-c2ccccc2)c1. The number of H-pyrrole nitrogens is 2. The Hall–Kier alpha value is -7.10. The van der Waals surface area contributed by atoms with E-state index in [4.69, 9.17) is 0 Å². The number of hydrogen-bond donors (Lipinski definition) is 1. The van der Waals surface area contributed by atoms with Gasteiger partial charge in [-0.1, -0.05) is 121 Å². The molecule has 2 aromatic heterocycles. The van der Waals surface area contributed by atoms with Gasteiger partial charge in [-0.05, 0) is 99.1 Å². The van der Waals surface area contributed by atoms with Crippen LogP contribution in [0.4, 0.5) is 0 Å². The molecular formula is C50H36N2O+2. The highest BCUT2D eigenvalue weighted by Crippen LogP contribution is 2.42. The third kappa shape index (κ3) is 6.37. The van der Waals surface area contributed by atoms with E-state index in [1.807, 2.05) is 24.3 Å². The summed E-state index contributed by atoms with van der Waals surface area (Å²) in [6.45, 7) is 0. The van der Waals surface area contributed by atoms with Crippen molar-refractivity contribution in [3.05, 3.63) is 200 Å². The molecule has 0 fully saturated rings. The summed E-state index contributed by atoms with van der Waals surface area (Å²) in [5.74, 6) is 0.221. The molecule has 7 aromatic carbocycles. The van der Waals surface area contributed by atoms with E-state index in [0.29, 0.717) is 0 Å². The molecule has 0 bridgehead atoms. The van der Waals surface area contributed by atoms with Gasteiger partial charge in [-0.2, -0.15) is 0 Å². The summed E-state index contributed by atoms with van der Waals surface area (Å²) in [5, 5.41) is 12.4. The fraction of sp³-hybridized carbons (Fsp3) is 0. The number of aromatic nitrogens is 2. The number of pyridine rings is 2. The number of phenolic OH excluding ortho intramolecular Hbond substituents is 1. The van der Waals surface area contributed by atoms with Gasteiger partial charge in [-0.15, -0.1) is 0 Å². The third-order valence-electron chi connectivity index (χ3n) is 9.97. The number of fused-ring (bicyclic) bond motifs is 1. The molecule has 53 heavy (non-hydrogen) atoms. The van der Waals surface area contributed by atoms with Crippen molar-refractivity contribution in [1.82, 2.24) is 0 Å². The Labute approximate surface area is 309 Å². The van der Waals surface area contributed by atoms with E-state index in [1.165, 1.54) is 5.39 Å². The highest BCUT2D eigenvalue weighted by Gasteiger charge is 2.19. The van der Waals surface area contributed by atoms with Crippen molar-refractivity contribution in [2.45, 2.75) is 0 Å². The number of aromatic hydroxyl groups is 1. The Morgan fingerprint density at radius 3 is 1.53 bits per heavy atom. The van der Waals surface area contributed by atoms with E-state index < -0.39 is 0 Å². The van der Waals surface area contributed by atoms with Gasteiger partial charge in [-0.3, -0.25) is 0 Å². The van der Waals surface area contributed by atoms with E-state index >= 15 is 0 Å². The number of rotatable bonds is 7. The van der Waals surface area contributed by atoms with Gasteiger partial charge in [0, 0.05) is 40.3 Å². The fourth-order valence-corrected chi connectivity index (χ4v) is 7.35. The van der Waals surface area contributed by atoms with Crippen molar-refractivity contribution >= 4 is 10.9 Å². The van der Waals surface area contributed by atoms with Gasteiger partial charge < -0.3 is 5.11 Å². The third-order valence-corrected chi connectivity index (χ3v) is 9.97. The molecule has 3 heteroatoms. The van der Waals surface area contributed by atoms with Crippen molar-refractivity contribution in [2.24, 2.45) is 0 Å².